The lowest BCUT2D eigenvalue weighted by molar-refractivity contribution is 0.0497. The van der Waals surface area contributed by atoms with Crippen LogP contribution in [0.4, 0.5) is 5.95 Å². The molecule has 2 fully saturated rings. The second-order valence-electron chi connectivity index (χ2n) is 8.13. The standard InChI is InChI=1S/C21H27N5O2/c1-16-18-13-28-15-21(4-6-25(14-21)12-17-3-2-5-22-11-17)19(18)24-20(23-16)26-7-9-27-10-8-26/h2-3,5,11H,4,6-10,12-15H2,1H3/t21-/m1/s1. The van der Waals surface area contributed by atoms with Gasteiger partial charge in [-0.2, -0.15) is 0 Å². The van der Waals surface area contributed by atoms with Gasteiger partial charge in [0.15, 0.2) is 0 Å². The van der Waals surface area contributed by atoms with Gasteiger partial charge >= 0.3 is 0 Å². The van der Waals surface area contributed by atoms with Crippen LogP contribution in [0, 0.1) is 6.92 Å². The first-order valence-electron chi connectivity index (χ1n) is 10.1. The molecule has 28 heavy (non-hydrogen) atoms. The summed E-state index contributed by atoms with van der Waals surface area (Å²) in [7, 11) is 0. The summed E-state index contributed by atoms with van der Waals surface area (Å²) in [6.07, 6.45) is 4.85. The van der Waals surface area contributed by atoms with Crippen LogP contribution in [0.25, 0.3) is 0 Å². The summed E-state index contributed by atoms with van der Waals surface area (Å²) >= 11 is 0. The van der Waals surface area contributed by atoms with Gasteiger partial charge in [0, 0.05) is 49.8 Å². The fourth-order valence-electron chi connectivity index (χ4n) is 4.67. The minimum atomic E-state index is -0.0372. The van der Waals surface area contributed by atoms with Gasteiger partial charge in [0.05, 0.1) is 37.5 Å². The van der Waals surface area contributed by atoms with E-state index in [0.29, 0.717) is 6.61 Å². The van der Waals surface area contributed by atoms with Crippen molar-refractivity contribution in [3.63, 3.8) is 0 Å². The topological polar surface area (TPSA) is 63.6 Å². The van der Waals surface area contributed by atoms with Crippen LogP contribution in [-0.4, -0.2) is 65.9 Å². The van der Waals surface area contributed by atoms with Crippen LogP contribution in [0.1, 0.15) is 28.9 Å². The Balaban J connectivity index is 1.44. The number of aromatic nitrogens is 3. The number of nitrogens with zero attached hydrogens (tertiary/aromatic N) is 5. The molecule has 3 aliphatic rings. The Kier molecular flexibility index (Phi) is 4.74. The van der Waals surface area contributed by atoms with Crippen molar-refractivity contribution >= 4 is 5.95 Å². The van der Waals surface area contributed by atoms with E-state index in [9.17, 15) is 0 Å². The summed E-state index contributed by atoms with van der Waals surface area (Å²) < 4.78 is 11.5. The number of likely N-dealkylation sites (tertiary alicyclic amines) is 1. The van der Waals surface area contributed by atoms with Gasteiger partial charge in [0.1, 0.15) is 0 Å². The summed E-state index contributed by atoms with van der Waals surface area (Å²) in [4.78, 5) is 18.9. The number of fused-ring (bicyclic) bond motifs is 2. The van der Waals surface area contributed by atoms with Gasteiger partial charge in [0.2, 0.25) is 5.95 Å². The molecule has 2 saturated heterocycles. The minimum absolute atomic E-state index is 0.0372. The first kappa shape index (κ1) is 18.0. The van der Waals surface area contributed by atoms with Crippen molar-refractivity contribution in [1.82, 2.24) is 19.9 Å². The Morgan fingerprint density at radius 2 is 2.04 bits per heavy atom. The Labute approximate surface area is 165 Å². The molecule has 7 nitrogen and oxygen atoms in total. The zero-order chi connectivity index (χ0) is 19.0. The van der Waals surface area contributed by atoms with Gasteiger partial charge in [0.25, 0.3) is 0 Å². The Morgan fingerprint density at radius 3 is 2.86 bits per heavy atom. The van der Waals surface area contributed by atoms with Crippen molar-refractivity contribution in [2.45, 2.75) is 31.9 Å². The molecule has 5 rings (SSSR count). The van der Waals surface area contributed by atoms with Gasteiger partial charge < -0.3 is 14.4 Å². The van der Waals surface area contributed by atoms with E-state index in [-0.39, 0.29) is 5.41 Å². The summed E-state index contributed by atoms with van der Waals surface area (Å²) in [5.74, 6) is 0.853. The first-order chi connectivity index (χ1) is 13.7. The van der Waals surface area contributed by atoms with Crippen molar-refractivity contribution in [2.24, 2.45) is 0 Å². The van der Waals surface area contributed by atoms with E-state index in [0.717, 1.165) is 70.6 Å². The van der Waals surface area contributed by atoms with E-state index in [1.807, 2.05) is 18.5 Å². The molecule has 1 spiro atoms. The third-order valence-corrected chi connectivity index (χ3v) is 6.18. The Hall–Kier alpha value is -2.09. The molecule has 3 aliphatic heterocycles. The highest BCUT2D eigenvalue weighted by atomic mass is 16.5. The average molecular weight is 381 g/mol. The molecule has 5 heterocycles. The number of hydrogen-bond donors (Lipinski definition) is 0. The van der Waals surface area contributed by atoms with E-state index >= 15 is 0 Å². The van der Waals surface area contributed by atoms with Crippen molar-refractivity contribution < 1.29 is 9.47 Å². The van der Waals surface area contributed by atoms with Gasteiger partial charge in [-0.3, -0.25) is 9.88 Å². The molecule has 148 valence electrons. The quantitative estimate of drug-likeness (QED) is 0.802. The molecule has 2 aromatic heterocycles. The average Bonchev–Trinajstić information content (AvgIpc) is 3.13. The molecule has 0 bridgehead atoms. The molecular weight excluding hydrogens is 354 g/mol. The van der Waals surface area contributed by atoms with Crippen molar-refractivity contribution in [2.75, 3.05) is 50.9 Å². The highest BCUT2D eigenvalue weighted by Crippen LogP contribution is 2.40. The summed E-state index contributed by atoms with van der Waals surface area (Å²) in [6, 6.07) is 4.15. The van der Waals surface area contributed by atoms with Gasteiger partial charge in [-0.15, -0.1) is 0 Å². The minimum Gasteiger partial charge on any atom is -0.378 e. The maximum atomic E-state index is 6.05. The predicted octanol–water partition coefficient (Wildman–Crippen LogP) is 1.69. The van der Waals surface area contributed by atoms with Gasteiger partial charge in [-0.05, 0) is 31.5 Å². The fourth-order valence-corrected chi connectivity index (χ4v) is 4.67. The van der Waals surface area contributed by atoms with Gasteiger partial charge in [-0.1, -0.05) is 6.07 Å². The SMILES string of the molecule is Cc1nc(N2CCOCC2)nc2c1COC[C@]21CCN(Cc2cccnc2)C1. The number of morpholine rings is 1. The Bertz CT molecular complexity index is 840. The second-order valence-corrected chi connectivity index (χ2v) is 8.13. The van der Waals surface area contributed by atoms with Crippen LogP contribution in [-0.2, 0) is 28.0 Å². The normalized spacial score (nSPS) is 25.2. The van der Waals surface area contributed by atoms with Crippen LogP contribution in [0.3, 0.4) is 0 Å². The van der Waals surface area contributed by atoms with Gasteiger partial charge in [-0.25, -0.2) is 9.97 Å². The molecule has 0 aliphatic carbocycles. The third-order valence-electron chi connectivity index (χ3n) is 6.18. The number of hydrogen-bond acceptors (Lipinski definition) is 7. The third kappa shape index (κ3) is 3.27. The van der Waals surface area contributed by atoms with E-state index in [2.05, 4.69) is 27.8 Å². The zero-order valence-electron chi connectivity index (χ0n) is 16.4. The van der Waals surface area contributed by atoms with E-state index in [1.54, 1.807) is 0 Å². The second kappa shape index (κ2) is 7.39. The van der Waals surface area contributed by atoms with Crippen LogP contribution < -0.4 is 4.90 Å². The first-order valence-corrected chi connectivity index (χ1v) is 10.1. The molecule has 0 unspecified atom stereocenters. The highest BCUT2D eigenvalue weighted by molar-refractivity contribution is 5.42. The van der Waals surface area contributed by atoms with Crippen molar-refractivity contribution in [1.29, 1.82) is 0 Å². The lowest BCUT2D eigenvalue weighted by Gasteiger charge is -2.36. The highest BCUT2D eigenvalue weighted by Gasteiger charge is 2.45. The fraction of sp³-hybridized carbons (Fsp3) is 0.571. The van der Waals surface area contributed by atoms with Crippen LogP contribution in [0.2, 0.25) is 0 Å². The van der Waals surface area contributed by atoms with E-state index in [4.69, 9.17) is 19.4 Å². The molecule has 1 atom stereocenters. The number of pyridine rings is 1. The largest absolute Gasteiger partial charge is 0.378 e. The zero-order valence-corrected chi connectivity index (χ0v) is 16.4. The number of aryl methyl sites for hydroxylation is 1. The van der Waals surface area contributed by atoms with E-state index < -0.39 is 0 Å². The summed E-state index contributed by atoms with van der Waals surface area (Å²) in [6.45, 7) is 9.59. The van der Waals surface area contributed by atoms with E-state index in [1.165, 1.54) is 16.8 Å². The molecule has 0 amide bonds. The maximum Gasteiger partial charge on any atom is 0.225 e. The lowest BCUT2D eigenvalue weighted by atomic mass is 9.80. The molecule has 0 radical (unpaired) electrons. The lowest BCUT2D eigenvalue weighted by Crippen LogP contribution is -2.42. The Morgan fingerprint density at radius 1 is 1.14 bits per heavy atom. The molecule has 2 aromatic rings. The molecule has 7 heteroatoms. The summed E-state index contributed by atoms with van der Waals surface area (Å²) in [5, 5.41) is 0. The van der Waals surface area contributed by atoms with Crippen LogP contribution >= 0.6 is 0 Å². The molecule has 0 aromatic carbocycles. The smallest absolute Gasteiger partial charge is 0.225 e. The number of ether oxygens (including phenoxy) is 2. The van der Waals surface area contributed by atoms with Crippen molar-refractivity contribution in [3.05, 3.63) is 47.0 Å². The number of anilines is 1. The van der Waals surface area contributed by atoms with Crippen molar-refractivity contribution in [3.8, 4) is 0 Å². The van der Waals surface area contributed by atoms with Crippen LogP contribution in [0.5, 0.6) is 0 Å². The number of rotatable bonds is 3. The summed E-state index contributed by atoms with van der Waals surface area (Å²) in [5.41, 5.74) is 4.67. The molecule has 0 N–H and O–H groups in total. The van der Waals surface area contributed by atoms with Crippen LogP contribution in [0.15, 0.2) is 24.5 Å². The predicted molar refractivity (Wildman–Crippen MR) is 105 cm³/mol. The molecule has 0 saturated carbocycles. The maximum absolute atomic E-state index is 6.05. The monoisotopic (exact) mass is 381 g/mol. The molecular formula is C21H27N5O2.